The summed E-state index contributed by atoms with van der Waals surface area (Å²) in [5.74, 6) is 1.61. The topological polar surface area (TPSA) is 29.3 Å². The number of para-hydroxylation sites is 1. The van der Waals surface area contributed by atoms with Gasteiger partial charge in [-0.15, -0.1) is 11.3 Å². The first-order valence-corrected chi connectivity index (χ1v) is 7.08. The second kappa shape index (κ2) is 4.40. The van der Waals surface area contributed by atoms with Gasteiger partial charge in [0.1, 0.15) is 0 Å². The fourth-order valence-electron chi connectivity index (χ4n) is 1.75. The lowest BCUT2D eigenvalue weighted by Crippen LogP contribution is -2.07. The van der Waals surface area contributed by atoms with Crippen LogP contribution in [0.15, 0.2) is 39.2 Å². The summed E-state index contributed by atoms with van der Waals surface area (Å²) in [4.78, 5) is 6.51. The van der Waals surface area contributed by atoms with Gasteiger partial charge in [0, 0.05) is 20.2 Å². The maximum atomic E-state index is 5.82. The quantitative estimate of drug-likeness (QED) is 0.701. The maximum absolute atomic E-state index is 5.82. The zero-order valence-electron chi connectivity index (χ0n) is 9.98. The SMILES string of the molecule is CN(C)c1oc(-c2nc3ccccc3s2)cc1Br. The normalized spacial score (nSPS) is 11.1. The zero-order valence-corrected chi connectivity index (χ0v) is 12.4. The van der Waals surface area contributed by atoms with Crippen molar-refractivity contribution in [2.45, 2.75) is 0 Å². The average Bonchev–Trinajstić information content (AvgIpc) is 2.91. The van der Waals surface area contributed by atoms with Gasteiger partial charge in [-0.3, -0.25) is 0 Å². The molecule has 2 aromatic heterocycles. The average molecular weight is 323 g/mol. The molecule has 3 rings (SSSR count). The summed E-state index contributed by atoms with van der Waals surface area (Å²) in [5.41, 5.74) is 1.01. The predicted molar refractivity (Wildman–Crippen MR) is 79.3 cm³/mol. The fraction of sp³-hybridized carbons (Fsp3) is 0.154. The first-order chi connectivity index (χ1) is 8.65. The van der Waals surface area contributed by atoms with Crippen LogP contribution in [-0.2, 0) is 0 Å². The number of rotatable bonds is 2. The van der Waals surface area contributed by atoms with Crippen LogP contribution in [0.3, 0.4) is 0 Å². The van der Waals surface area contributed by atoms with Crippen LogP contribution in [-0.4, -0.2) is 19.1 Å². The van der Waals surface area contributed by atoms with Gasteiger partial charge < -0.3 is 9.32 Å². The Bertz CT molecular complexity index is 669. The first-order valence-electron chi connectivity index (χ1n) is 5.48. The van der Waals surface area contributed by atoms with Crippen molar-refractivity contribution in [2.75, 3.05) is 19.0 Å². The molecule has 0 unspecified atom stereocenters. The number of hydrogen-bond acceptors (Lipinski definition) is 4. The van der Waals surface area contributed by atoms with E-state index in [1.165, 1.54) is 4.70 Å². The molecule has 5 heteroatoms. The number of aromatic nitrogens is 1. The molecule has 1 aromatic carbocycles. The van der Waals surface area contributed by atoms with Crippen LogP contribution in [0.4, 0.5) is 5.88 Å². The molecule has 0 saturated heterocycles. The Balaban J connectivity index is 2.11. The molecule has 0 atom stereocenters. The Kier molecular flexibility index (Phi) is 2.87. The molecule has 0 saturated carbocycles. The summed E-state index contributed by atoms with van der Waals surface area (Å²) >= 11 is 5.14. The first kappa shape index (κ1) is 11.7. The summed E-state index contributed by atoms with van der Waals surface area (Å²) in [5, 5.41) is 0.907. The van der Waals surface area contributed by atoms with Crippen LogP contribution in [0, 0.1) is 0 Å². The largest absolute Gasteiger partial charge is 0.437 e. The smallest absolute Gasteiger partial charge is 0.210 e. The van der Waals surface area contributed by atoms with E-state index in [4.69, 9.17) is 4.42 Å². The number of anilines is 1. The maximum Gasteiger partial charge on any atom is 0.210 e. The minimum absolute atomic E-state index is 0.798. The van der Waals surface area contributed by atoms with Crippen molar-refractivity contribution >= 4 is 43.4 Å². The highest BCUT2D eigenvalue weighted by atomic mass is 79.9. The third-order valence-electron chi connectivity index (χ3n) is 2.58. The van der Waals surface area contributed by atoms with Gasteiger partial charge in [-0.05, 0) is 28.1 Å². The van der Waals surface area contributed by atoms with Crippen molar-refractivity contribution in [2.24, 2.45) is 0 Å². The summed E-state index contributed by atoms with van der Waals surface area (Å²) in [6.07, 6.45) is 0. The van der Waals surface area contributed by atoms with Crippen LogP contribution in [0.25, 0.3) is 21.0 Å². The number of thiazole rings is 1. The van der Waals surface area contributed by atoms with Crippen molar-refractivity contribution in [3.63, 3.8) is 0 Å². The highest BCUT2D eigenvalue weighted by Crippen LogP contribution is 2.37. The van der Waals surface area contributed by atoms with Gasteiger partial charge in [0.2, 0.25) is 5.88 Å². The van der Waals surface area contributed by atoms with Crippen LogP contribution >= 0.6 is 27.3 Å². The van der Waals surface area contributed by atoms with Gasteiger partial charge in [0.25, 0.3) is 0 Å². The van der Waals surface area contributed by atoms with E-state index in [0.717, 1.165) is 26.6 Å². The van der Waals surface area contributed by atoms with Gasteiger partial charge in [-0.2, -0.15) is 0 Å². The van der Waals surface area contributed by atoms with Gasteiger partial charge >= 0.3 is 0 Å². The monoisotopic (exact) mass is 322 g/mol. The Morgan fingerprint density at radius 2 is 2.06 bits per heavy atom. The Labute approximate surface area is 117 Å². The van der Waals surface area contributed by atoms with E-state index in [0.29, 0.717) is 0 Å². The van der Waals surface area contributed by atoms with Gasteiger partial charge in [0.15, 0.2) is 10.8 Å². The Morgan fingerprint density at radius 1 is 1.28 bits per heavy atom. The van der Waals surface area contributed by atoms with E-state index in [9.17, 15) is 0 Å². The molecular weight excluding hydrogens is 312 g/mol. The molecule has 0 aliphatic heterocycles. The molecule has 92 valence electrons. The molecule has 0 radical (unpaired) electrons. The number of fused-ring (bicyclic) bond motifs is 1. The number of hydrogen-bond donors (Lipinski definition) is 0. The van der Waals surface area contributed by atoms with Crippen LogP contribution in [0.2, 0.25) is 0 Å². The molecule has 2 heterocycles. The highest BCUT2D eigenvalue weighted by molar-refractivity contribution is 9.10. The minimum Gasteiger partial charge on any atom is -0.437 e. The second-order valence-corrected chi connectivity index (χ2v) is 6.03. The van der Waals surface area contributed by atoms with Crippen LogP contribution in [0.1, 0.15) is 0 Å². The molecule has 0 aliphatic rings. The van der Waals surface area contributed by atoms with Crippen molar-refractivity contribution in [3.8, 4) is 10.8 Å². The van der Waals surface area contributed by atoms with Gasteiger partial charge in [-0.25, -0.2) is 4.98 Å². The fourth-order valence-corrected chi connectivity index (χ4v) is 3.31. The van der Waals surface area contributed by atoms with Gasteiger partial charge in [-0.1, -0.05) is 12.1 Å². The molecule has 18 heavy (non-hydrogen) atoms. The van der Waals surface area contributed by atoms with Crippen LogP contribution < -0.4 is 4.90 Å². The molecule has 3 nitrogen and oxygen atoms in total. The van der Waals surface area contributed by atoms with E-state index >= 15 is 0 Å². The Hall–Kier alpha value is -1.33. The summed E-state index contributed by atoms with van der Waals surface area (Å²) in [6, 6.07) is 10.1. The summed E-state index contributed by atoms with van der Waals surface area (Å²) in [7, 11) is 3.90. The number of halogens is 1. The molecule has 3 aromatic rings. The van der Waals surface area contributed by atoms with Crippen molar-refractivity contribution in [1.29, 1.82) is 0 Å². The van der Waals surface area contributed by atoms with Crippen molar-refractivity contribution in [1.82, 2.24) is 4.98 Å². The van der Waals surface area contributed by atoms with Crippen molar-refractivity contribution < 1.29 is 4.42 Å². The number of benzene rings is 1. The molecule has 0 spiro atoms. The Morgan fingerprint density at radius 3 is 2.72 bits per heavy atom. The van der Waals surface area contributed by atoms with Crippen molar-refractivity contribution in [3.05, 3.63) is 34.8 Å². The summed E-state index contributed by atoms with van der Waals surface area (Å²) < 4.78 is 7.94. The minimum atomic E-state index is 0.798. The predicted octanol–water partition coefficient (Wildman–Crippen LogP) is 4.38. The standard InChI is InChI=1S/C13H11BrN2OS/c1-16(2)13-8(14)7-10(17-13)12-15-9-5-3-4-6-11(9)18-12/h3-7H,1-2H3. The number of nitrogens with zero attached hydrogens (tertiary/aromatic N) is 2. The van der Waals surface area contributed by atoms with E-state index in [2.05, 4.69) is 27.0 Å². The molecule has 0 bridgehead atoms. The zero-order chi connectivity index (χ0) is 12.7. The third kappa shape index (κ3) is 1.93. The molecule has 0 aliphatic carbocycles. The van der Waals surface area contributed by atoms with Crippen LogP contribution in [0.5, 0.6) is 0 Å². The van der Waals surface area contributed by atoms with E-state index in [-0.39, 0.29) is 0 Å². The van der Waals surface area contributed by atoms with E-state index in [1.807, 2.05) is 43.3 Å². The highest BCUT2D eigenvalue weighted by Gasteiger charge is 2.15. The summed E-state index contributed by atoms with van der Waals surface area (Å²) in [6.45, 7) is 0. The lowest BCUT2D eigenvalue weighted by Gasteiger charge is -2.07. The lowest BCUT2D eigenvalue weighted by molar-refractivity contribution is 0.577. The second-order valence-electron chi connectivity index (χ2n) is 4.14. The third-order valence-corrected chi connectivity index (χ3v) is 4.20. The molecule has 0 N–H and O–H groups in total. The molecular formula is C13H11BrN2OS. The van der Waals surface area contributed by atoms with E-state index in [1.54, 1.807) is 11.3 Å². The molecule has 0 fully saturated rings. The number of furan rings is 1. The van der Waals surface area contributed by atoms with Gasteiger partial charge in [0.05, 0.1) is 14.7 Å². The molecule has 0 amide bonds. The van der Waals surface area contributed by atoms with E-state index < -0.39 is 0 Å². The lowest BCUT2D eigenvalue weighted by atomic mass is 10.3.